The van der Waals surface area contributed by atoms with Gasteiger partial charge in [0.05, 0.1) is 11.1 Å². The predicted molar refractivity (Wildman–Crippen MR) is 80.5 cm³/mol. The molecule has 0 amide bonds. The minimum atomic E-state index is -1.12. The SMILES string of the molecule is C[Si](C)(C)CCOCn1ncc2cccc([N+](=O)[O-])c21. The maximum atomic E-state index is 11.1. The number of nitro groups is 1. The monoisotopic (exact) mass is 293 g/mol. The Labute approximate surface area is 118 Å². The van der Waals surface area contributed by atoms with E-state index < -0.39 is 8.07 Å². The van der Waals surface area contributed by atoms with Crippen LogP contribution in [0.4, 0.5) is 5.69 Å². The van der Waals surface area contributed by atoms with E-state index in [0.29, 0.717) is 12.1 Å². The van der Waals surface area contributed by atoms with Crippen molar-refractivity contribution >= 4 is 24.7 Å². The number of nitrogens with zero attached hydrogens (tertiary/aromatic N) is 3. The molecule has 20 heavy (non-hydrogen) atoms. The predicted octanol–water partition coefficient (Wildman–Crippen LogP) is 3.26. The smallest absolute Gasteiger partial charge is 0.295 e. The summed E-state index contributed by atoms with van der Waals surface area (Å²) in [5.74, 6) is 0. The fourth-order valence-corrected chi connectivity index (χ4v) is 2.66. The molecule has 0 aliphatic heterocycles. The second kappa shape index (κ2) is 5.72. The maximum Gasteiger partial charge on any atom is 0.295 e. The highest BCUT2D eigenvalue weighted by Crippen LogP contribution is 2.25. The molecule has 0 unspecified atom stereocenters. The van der Waals surface area contributed by atoms with Gasteiger partial charge in [-0.2, -0.15) is 5.10 Å². The summed E-state index contributed by atoms with van der Waals surface area (Å²) in [4.78, 5) is 10.7. The molecule has 2 aromatic rings. The molecule has 0 N–H and O–H groups in total. The fourth-order valence-electron chi connectivity index (χ4n) is 1.90. The van der Waals surface area contributed by atoms with Gasteiger partial charge in [0.15, 0.2) is 0 Å². The minimum absolute atomic E-state index is 0.0637. The lowest BCUT2D eigenvalue weighted by atomic mass is 10.2. The quantitative estimate of drug-likeness (QED) is 0.355. The number of non-ortho nitro benzene ring substituents is 1. The fraction of sp³-hybridized carbons (Fsp3) is 0.462. The number of para-hydroxylation sites is 1. The summed E-state index contributed by atoms with van der Waals surface area (Å²) in [6, 6.07) is 6.03. The molecule has 0 aliphatic carbocycles. The molecule has 0 saturated carbocycles. The molecule has 1 aromatic heterocycles. The largest absolute Gasteiger partial charge is 0.360 e. The second-order valence-electron chi connectivity index (χ2n) is 5.96. The summed E-state index contributed by atoms with van der Waals surface area (Å²) >= 11 is 0. The van der Waals surface area contributed by atoms with E-state index in [1.807, 2.05) is 6.07 Å². The molecular formula is C13H19N3O3Si. The zero-order chi connectivity index (χ0) is 14.8. The lowest BCUT2D eigenvalue weighted by molar-refractivity contribution is -0.383. The van der Waals surface area contributed by atoms with Crippen LogP contribution < -0.4 is 0 Å². The molecular weight excluding hydrogens is 274 g/mol. The summed E-state index contributed by atoms with van der Waals surface area (Å²) in [5.41, 5.74) is 0.583. The summed E-state index contributed by atoms with van der Waals surface area (Å²) < 4.78 is 7.16. The molecule has 0 atom stereocenters. The van der Waals surface area contributed by atoms with E-state index in [1.165, 1.54) is 6.07 Å². The van der Waals surface area contributed by atoms with Crippen molar-refractivity contribution in [2.75, 3.05) is 6.61 Å². The van der Waals surface area contributed by atoms with Gasteiger partial charge in [-0.05, 0) is 6.04 Å². The number of ether oxygens (including phenoxy) is 1. The normalized spacial score (nSPS) is 11.9. The molecule has 1 aromatic carbocycles. The van der Waals surface area contributed by atoms with Gasteiger partial charge in [0.25, 0.3) is 5.69 Å². The van der Waals surface area contributed by atoms with Crippen molar-refractivity contribution in [3.63, 3.8) is 0 Å². The molecule has 0 aliphatic rings. The number of fused-ring (bicyclic) bond motifs is 1. The van der Waals surface area contributed by atoms with Crippen molar-refractivity contribution in [3.05, 3.63) is 34.5 Å². The van der Waals surface area contributed by atoms with Crippen molar-refractivity contribution in [3.8, 4) is 0 Å². The van der Waals surface area contributed by atoms with Gasteiger partial charge in [-0.1, -0.05) is 31.8 Å². The van der Waals surface area contributed by atoms with Gasteiger partial charge in [-0.25, -0.2) is 4.68 Å². The Kier molecular flexibility index (Phi) is 4.19. The molecule has 7 heteroatoms. The van der Waals surface area contributed by atoms with Crippen molar-refractivity contribution in [1.29, 1.82) is 0 Å². The van der Waals surface area contributed by atoms with Crippen molar-refractivity contribution in [2.24, 2.45) is 0 Å². The summed E-state index contributed by atoms with van der Waals surface area (Å²) in [5, 5.41) is 16.0. The van der Waals surface area contributed by atoms with Crippen LogP contribution in [0.15, 0.2) is 24.4 Å². The lowest BCUT2D eigenvalue weighted by Gasteiger charge is -2.15. The Morgan fingerprint density at radius 3 is 2.80 bits per heavy atom. The van der Waals surface area contributed by atoms with Crippen LogP contribution in [0.25, 0.3) is 10.9 Å². The molecule has 0 saturated heterocycles. The first-order valence-corrected chi connectivity index (χ1v) is 10.3. The van der Waals surface area contributed by atoms with E-state index in [0.717, 1.165) is 11.4 Å². The molecule has 0 spiro atoms. The second-order valence-corrected chi connectivity index (χ2v) is 11.6. The lowest BCUT2D eigenvalue weighted by Crippen LogP contribution is -2.22. The zero-order valence-corrected chi connectivity index (χ0v) is 13.0. The van der Waals surface area contributed by atoms with Crippen LogP contribution in [0.1, 0.15) is 0 Å². The third kappa shape index (κ3) is 3.43. The summed E-state index contributed by atoms with van der Waals surface area (Å²) in [6.07, 6.45) is 1.63. The number of aromatic nitrogens is 2. The van der Waals surface area contributed by atoms with Gasteiger partial charge in [0.2, 0.25) is 0 Å². The minimum Gasteiger partial charge on any atom is -0.360 e. The molecule has 0 bridgehead atoms. The van der Waals surface area contributed by atoms with E-state index in [-0.39, 0.29) is 17.3 Å². The average molecular weight is 293 g/mol. The highest BCUT2D eigenvalue weighted by molar-refractivity contribution is 6.76. The van der Waals surface area contributed by atoms with Crippen LogP contribution in [0.2, 0.25) is 25.7 Å². The molecule has 0 fully saturated rings. The molecule has 1 heterocycles. The van der Waals surface area contributed by atoms with Gasteiger partial charge in [-0.15, -0.1) is 0 Å². The van der Waals surface area contributed by atoms with Crippen molar-refractivity contribution in [1.82, 2.24) is 9.78 Å². The van der Waals surface area contributed by atoms with Crippen molar-refractivity contribution in [2.45, 2.75) is 32.4 Å². The topological polar surface area (TPSA) is 70.2 Å². The third-order valence-corrected chi connectivity index (χ3v) is 4.75. The Hall–Kier alpha value is -1.73. The first kappa shape index (κ1) is 14.7. The molecule has 108 valence electrons. The van der Waals surface area contributed by atoms with Gasteiger partial charge in [-0.3, -0.25) is 10.1 Å². The Morgan fingerprint density at radius 1 is 1.40 bits per heavy atom. The zero-order valence-electron chi connectivity index (χ0n) is 12.0. The van der Waals surface area contributed by atoms with Crippen LogP contribution in [0.3, 0.4) is 0 Å². The summed E-state index contributed by atoms with van der Waals surface area (Å²) in [6.45, 7) is 7.76. The molecule has 6 nitrogen and oxygen atoms in total. The standard InChI is InChI=1S/C13H19N3O3Si/c1-20(2,3)8-7-19-10-15-13-11(9-14-15)5-4-6-12(13)16(17)18/h4-6,9H,7-8,10H2,1-3H3. The molecule has 2 rings (SSSR count). The maximum absolute atomic E-state index is 11.1. The number of hydrogen-bond donors (Lipinski definition) is 0. The van der Waals surface area contributed by atoms with Crippen LogP contribution in [0.5, 0.6) is 0 Å². The first-order chi connectivity index (χ1) is 9.38. The number of benzene rings is 1. The van der Waals surface area contributed by atoms with Gasteiger partial charge in [0, 0.05) is 26.1 Å². The van der Waals surface area contributed by atoms with Gasteiger partial charge in [0.1, 0.15) is 12.2 Å². The number of rotatable bonds is 6. The average Bonchev–Trinajstić information content (AvgIpc) is 2.76. The first-order valence-electron chi connectivity index (χ1n) is 6.55. The van der Waals surface area contributed by atoms with Crippen LogP contribution in [-0.4, -0.2) is 29.4 Å². The third-order valence-electron chi connectivity index (χ3n) is 3.05. The van der Waals surface area contributed by atoms with E-state index in [9.17, 15) is 10.1 Å². The van der Waals surface area contributed by atoms with Crippen LogP contribution >= 0.6 is 0 Å². The molecule has 0 radical (unpaired) electrons. The van der Waals surface area contributed by atoms with Crippen LogP contribution in [0, 0.1) is 10.1 Å². The highest BCUT2D eigenvalue weighted by Gasteiger charge is 2.17. The van der Waals surface area contributed by atoms with E-state index in [1.54, 1.807) is 16.9 Å². The van der Waals surface area contributed by atoms with Gasteiger partial charge >= 0.3 is 0 Å². The van der Waals surface area contributed by atoms with Crippen LogP contribution in [-0.2, 0) is 11.5 Å². The Bertz CT molecular complexity index is 619. The Balaban J connectivity index is 2.13. The van der Waals surface area contributed by atoms with E-state index in [2.05, 4.69) is 24.7 Å². The van der Waals surface area contributed by atoms with Gasteiger partial charge < -0.3 is 4.74 Å². The Morgan fingerprint density at radius 2 is 2.15 bits per heavy atom. The van der Waals surface area contributed by atoms with E-state index >= 15 is 0 Å². The van der Waals surface area contributed by atoms with Crippen molar-refractivity contribution < 1.29 is 9.66 Å². The number of hydrogen-bond acceptors (Lipinski definition) is 4. The van der Waals surface area contributed by atoms with E-state index in [4.69, 9.17) is 4.74 Å². The highest BCUT2D eigenvalue weighted by atomic mass is 28.3. The number of nitro benzene ring substituents is 1. The summed E-state index contributed by atoms with van der Waals surface area (Å²) in [7, 11) is -1.12.